The van der Waals surface area contributed by atoms with Crippen molar-refractivity contribution >= 4 is 5.82 Å². The Morgan fingerprint density at radius 1 is 1.27 bits per heavy atom. The summed E-state index contributed by atoms with van der Waals surface area (Å²) in [6, 6.07) is 0. The van der Waals surface area contributed by atoms with E-state index < -0.39 is 0 Å². The number of aromatic nitrogens is 5. The second-order valence-corrected chi connectivity index (χ2v) is 3.17. The van der Waals surface area contributed by atoms with Gasteiger partial charge in [0.15, 0.2) is 0 Å². The summed E-state index contributed by atoms with van der Waals surface area (Å²) in [7, 11) is 0. The third-order valence-corrected chi connectivity index (χ3v) is 1.99. The predicted molar refractivity (Wildman–Crippen MR) is 55.8 cm³/mol. The second-order valence-electron chi connectivity index (χ2n) is 3.17. The Kier molecular flexibility index (Phi) is 2.57. The first kappa shape index (κ1) is 9.57. The summed E-state index contributed by atoms with van der Waals surface area (Å²) in [5.41, 5.74) is 7.07. The van der Waals surface area contributed by atoms with Crippen LogP contribution >= 0.6 is 0 Å². The van der Waals surface area contributed by atoms with Gasteiger partial charge in [-0.05, 0) is 6.42 Å². The Labute approximate surface area is 87.2 Å². The number of aryl methyl sites for hydroxylation is 1. The molecule has 2 aromatic heterocycles. The van der Waals surface area contributed by atoms with Crippen LogP contribution in [0.25, 0.3) is 11.4 Å². The molecule has 0 saturated heterocycles. The molecule has 2 rings (SSSR count). The van der Waals surface area contributed by atoms with Gasteiger partial charge in [0.2, 0.25) is 0 Å². The number of nitrogens with zero attached hydrogens (tertiary/aromatic N) is 5. The van der Waals surface area contributed by atoms with E-state index in [1.54, 1.807) is 17.1 Å². The van der Waals surface area contributed by atoms with E-state index in [0.717, 1.165) is 24.4 Å². The summed E-state index contributed by atoms with van der Waals surface area (Å²) in [6.45, 7) is 2.90. The molecule has 6 heteroatoms. The van der Waals surface area contributed by atoms with E-state index in [1.807, 2.05) is 0 Å². The first-order valence-electron chi connectivity index (χ1n) is 4.77. The maximum atomic E-state index is 5.47. The van der Waals surface area contributed by atoms with E-state index in [-0.39, 0.29) is 0 Å². The fourth-order valence-corrected chi connectivity index (χ4v) is 1.30. The first-order chi connectivity index (χ1) is 7.31. The molecule has 0 aliphatic carbocycles. The van der Waals surface area contributed by atoms with E-state index in [2.05, 4.69) is 27.2 Å². The zero-order chi connectivity index (χ0) is 10.7. The number of nitrogen functional groups attached to an aromatic ring is 1. The van der Waals surface area contributed by atoms with Crippen molar-refractivity contribution < 1.29 is 0 Å². The summed E-state index contributed by atoms with van der Waals surface area (Å²) in [5.74, 6) is 0.410. The zero-order valence-corrected chi connectivity index (χ0v) is 8.46. The van der Waals surface area contributed by atoms with Gasteiger partial charge >= 0.3 is 0 Å². The third kappa shape index (κ3) is 1.93. The van der Waals surface area contributed by atoms with Crippen molar-refractivity contribution in [2.24, 2.45) is 0 Å². The van der Waals surface area contributed by atoms with Crippen molar-refractivity contribution in [3.8, 4) is 11.4 Å². The number of hydrogen-bond acceptors (Lipinski definition) is 5. The molecule has 0 aromatic carbocycles. The highest BCUT2D eigenvalue weighted by atomic mass is 15.4. The number of anilines is 1. The normalized spacial score (nSPS) is 10.5. The zero-order valence-electron chi connectivity index (χ0n) is 8.46. The molecule has 2 N–H and O–H groups in total. The van der Waals surface area contributed by atoms with E-state index >= 15 is 0 Å². The van der Waals surface area contributed by atoms with Gasteiger partial charge in [0.1, 0.15) is 17.2 Å². The van der Waals surface area contributed by atoms with Crippen molar-refractivity contribution in [2.45, 2.75) is 19.9 Å². The Hall–Kier alpha value is -1.98. The van der Waals surface area contributed by atoms with Crippen LogP contribution in [0.2, 0.25) is 0 Å². The summed E-state index contributed by atoms with van der Waals surface area (Å²) in [5, 5.41) is 7.83. The highest BCUT2D eigenvalue weighted by Crippen LogP contribution is 2.14. The summed E-state index contributed by atoms with van der Waals surface area (Å²) < 4.78 is 1.81. The predicted octanol–water partition coefficient (Wildman–Crippen LogP) is 0.727. The second kappa shape index (κ2) is 4.04. The van der Waals surface area contributed by atoms with E-state index in [9.17, 15) is 0 Å². The van der Waals surface area contributed by atoms with Crippen LogP contribution in [0.1, 0.15) is 13.3 Å². The maximum Gasteiger partial charge on any atom is 0.141 e. The fraction of sp³-hybridized carbons (Fsp3) is 0.333. The van der Waals surface area contributed by atoms with Gasteiger partial charge < -0.3 is 5.73 Å². The van der Waals surface area contributed by atoms with Gasteiger partial charge in [-0.2, -0.15) is 0 Å². The Balaban J connectivity index is 2.36. The van der Waals surface area contributed by atoms with Crippen molar-refractivity contribution in [3.05, 3.63) is 18.6 Å². The van der Waals surface area contributed by atoms with Crippen molar-refractivity contribution in [1.82, 2.24) is 25.0 Å². The molecule has 0 atom stereocenters. The molecule has 0 aliphatic heterocycles. The first-order valence-corrected chi connectivity index (χ1v) is 4.77. The van der Waals surface area contributed by atoms with Crippen LogP contribution in [-0.4, -0.2) is 25.0 Å². The highest BCUT2D eigenvalue weighted by Gasteiger charge is 2.07. The molecule has 2 aromatic rings. The van der Waals surface area contributed by atoms with Gasteiger partial charge in [-0.1, -0.05) is 12.1 Å². The Morgan fingerprint density at radius 2 is 2.13 bits per heavy atom. The van der Waals surface area contributed by atoms with E-state index in [1.165, 1.54) is 6.20 Å². The minimum absolute atomic E-state index is 0.410. The lowest BCUT2D eigenvalue weighted by Gasteiger charge is -2.03. The molecule has 78 valence electrons. The molecule has 0 fully saturated rings. The Bertz CT molecular complexity index is 432. The highest BCUT2D eigenvalue weighted by molar-refractivity contribution is 5.52. The van der Waals surface area contributed by atoms with Crippen LogP contribution in [0.15, 0.2) is 18.6 Å². The van der Waals surface area contributed by atoms with Crippen molar-refractivity contribution in [1.29, 1.82) is 0 Å². The van der Waals surface area contributed by atoms with Crippen LogP contribution in [0.5, 0.6) is 0 Å². The largest absolute Gasteiger partial charge is 0.382 e. The molecule has 0 aliphatic rings. The topological polar surface area (TPSA) is 82.5 Å². The van der Waals surface area contributed by atoms with Gasteiger partial charge in [0.05, 0.1) is 18.6 Å². The molecular weight excluding hydrogens is 192 g/mol. The molecule has 2 heterocycles. The average Bonchev–Trinajstić information content (AvgIpc) is 2.68. The van der Waals surface area contributed by atoms with Gasteiger partial charge in [0.25, 0.3) is 0 Å². The number of hydrogen-bond donors (Lipinski definition) is 1. The van der Waals surface area contributed by atoms with E-state index in [0.29, 0.717) is 5.82 Å². The van der Waals surface area contributed by atoms with Gasteiger partial charge in [-0.25, -0.2) is 14.6 Å². The van der Waals surface area contributed by atoms with Gasteiger partial charge in [-0.3, -0.25) is 0 Å². The molecule has 0 bridgehead atoms. The van der Waals surface area contributed by atoms with Crippen LogP contribution < -0.4 is 5.73 Å². The Morgan fingerprint density at radius 3 is 2.80 bits per heavy atom. The van der Waals surface area contributed by atoms with Crippen LogP contribution in [0.4, 0.5) is 5.82 Å². The number of rotatable bonds is 3. The van der Waals surface area contributed by atoms with Crippen molar-refractivity contribution in [2.75, 3.05) is 5.73 Å². The summed E-state index contributed by atoms with van der Waals surface area (Å²) in [4.78, 5) is 8.16. The molecule has 6 nitrogen and oxygen atoms in total. The van der Waals surface area contributed by atoms with Crippen LogP contribution in [-0.2, 0) is 6.54 Å². The average molecular weight is 204 g/mol. The third-order valence-electron chi connectivity index (χ3n) is 1.99. The quantitative estimate of drug-likeness (QED) is 0.796. The van der Waals surface area contributed by atoms with E-state index in [4.69, 9.17) is 5.73 Å². The standard InChI is InChI=1S/C9H12N6/c1-2-3-15-8(5-13-14-15)7-4-12-9(10)6-11-7/h4-6H,2-3H2,1H3,(H2,10,12). The molecule has 0 unspecified atom stereocenters. The van der Waals surface area contributed by atoms with Gasteiger partial charge in [-0.15, -0.1) is 5.10 Å². The minimum atomic E-state index is 0.410. The lowest BCUT2D eigenvalue weighted by Crippen LogP contribution is -2.03. The SMILES string of the molecule is CCCn1nncc1-c1cnc(N)cn1. The van der Waals surface area contributed by atoms with Crippen LogP contribution in [0, 0.1) is 0 Å². The summed E-state index contributed by atoms with van der Waals surface area (Å²) in [6.07, 6.45) is 5.83. The molecule has 0 spiro atoms. The lowest BCUT2D eigenvalue weighted by molar-refractivity contribution is 0.583. The summed E-state index contributed by atoms with van der Waals surface area (Å²) >= 11 is 0. The van der Waals surface area contributed by atoms with Crippen LogP contribution in [0.3, 0.4) is 0 Å². The lowest BCUT2D eigenvalue weighted by atomic mass is 10.3. The van der Waals surface area contributed by atoms with Crippen molar-refractivity contribution in [3.63, 3.8) is 0 Å². The molecule has 0 radical (unpaired) electrons. The smallest absolute Gasteiger partial charge is 0.141 e. The molecule has 0 amide bonds. The molecule has 0 saturated carbocycles. The minimum Gasteiger partial charge on any atom is -0.382 e. The number of nitrogens with two attached hydrogens (primary N) is 1. The molecule has 15 heavy (non-hydrogen) atoms. The molecular formula is C9H12N6. The van der Waals surface area contributed by atoms with Gasteiger partial charge in [0, 0.05) is 6.54 Å². The monoisotopic (exact) mass is 204 g/mol. The maximum absolute atomic E-state index is 5.47. The fourth-order valence-electron chi connectivity index (χ4n) is 1.30.